The molecular weight excluding hydrogens is 358 g/mol. The fourth-order valence-electron chi connectivity index (χ4n) is 4.27. The Morgan fingerprint density at radius 2 is 1.93 bits per heavy atom. The van der Waals surface area contributed by atoms with E-state index in [-0.39, 0.29) is 17.2 Å². The molecule has 0 unspecified atom stereocenters. The van der Waals surface area contributed by atoms with Gasteiger partial charge in [0.2, 0.25) is 5.91 Å². The summed E-state index contributed by atoms with van der Waals surface area (Å²) in [7, 11) is 0. The fourth-order valence-corrected chi connectivity index (χ4v) is 4.96. The van der Waals surface area contributed by atoms with Gasteiger partial charge in [-0.2, -0.15) is 0 Å². The topological polar surface area (TPSA) is 53.5 Å². The number of carbonyl (C=O) groups excluding carboxylic acids is 2. The standard InChI is InChI=1S/C21H25N3O2S/c25-19-3-7-21(16-24(19)12-6-17-4-10-22-11-5-17)8-13-23(14-9-21)20(26)18-2-1-15-27-18/h1-2,4-5,10-11,15H,3,6-9,12-14,16H2. The van der Waals surface area contributed by atoms with Crippen molar-refractivity contribution in [3.05, 3.63) is 52.5 Å². The van der Waals surface area contributed by atoms with Gasteiger partial charge in [-0.3, -0.25) is 14.6 Å². The lowest BCUT2D eigenvalue weighted by Crippen LogP contribution is -2.52. The third kappa shape index (κ3) is 4.05. The fraction of sp³-hybridized carbons (Fsp3) is 0.476. The monoisotopic (exact) mass is 383 g/mol. The first-order valence-corrected chi connectivity index (χ1v) is 10.5. The third-order valence-corrected chi connectivity index (χ3v) is 6.87. The van der Waals surface area contributed by atoms with Gasteiger partial charge in [-0.05, 0) is 60.2 Å². The quantitative estimate of drug-likeness (QED) is 0.814. The summed E-state index contributed by atoms with van der Waals surface area (Å²) in [5.41, 5.74) is 1.40. The molecule has 0 bridgehead atoms. The molecule has 2 aliphatic rings. The SMILES string of the molecule is O=C1CCC2(CCN(C(=O)c3cccs3)CC2)CN1CCc1ccncc1. The van der Waals surface area contributed by atoms with Crippen molar-refractivity contribution in [2.45, 2.75) is 32.1 Å². The number of likely N-dealkylation sites (tertiary alicyclic amines) is 2. The number of rotatable bonds is 4. The number of thiophene rings is 1. The van der Waals surface area contributed by atoms with Crippen molar-refractivity contribution in [2.24, 2.45) is 5.41 Å². The van der Waals surface area contributed by atoms with Crippen LogP contribution in [0.2, 0.25) is 0 Å². The average Bonchev–Trinajstić information content (AvgIpc) is 3.25. The van der Waals surface area contributed by atoms with Crippen molar-refractivity contribution in [3.8, 4) is 0 Å². The zero-order valence-electron chi connectivity index (χ0n) is 15.5. The Morgan fingerprint density at radius 1 is 1.15 bits per heavy atom. The van der Waals surface area contributed by atoms with Gasteiger partial charge >= 0.3 is 0 Å². The summed E-state index contributed by atoms with van der Waals surface area (Å²) in [5, 5.41) is 1.95. The molecule has 2 aromatic heterocycles. The Hall–Kier alpha value is -2.21. The summed E-state index contributed by atoms with van der Waals surface area (Å²) < 4.78 is 0. The van der Waals surface area contributed by atoms with E-state index in [0.717, 1.165) is 56.7 Å². The average molecular weight is 384 g/mol. The minimum Gasteiger partial charge on any atom is -0.342 e. The normalized spacial score (nSPS) is 19.5. The van der Waals surface area contributed by atoms with Crippen LogP contribution in [0.1, 0.15) is 40.9 Å². The molecule has 5 nitrogen and oxygen atoms in total. The van der Waals surface area contributed by atoms with Gasteiger partial charge in [0.05, 0.1) is 4.88 Å². The molecule has 1 spiro atoms. The van der Waals surface area contributed by atoms with E-state index < -0.39 is 0 Å². The molecule has 142 valence electrons. The van der Waals surface area contributed by atoms with Crippen LogP contribution >= 0.6 is 11.3 Å². The van der Waals surface area contributed by atoms with Crippen molar-refractivity contribution in [1.82, 2.24) is 14.8 Å². The van der Waals surface area contributed by atoms with Crippen LogP contribution in [0, 0.1) is 5.41 Å². The van der Waals surface area contributed by atoms with E-state index in [4.69, 9.17) is 0 Å². The molecule has 27 heavy (non-hydrogen) atoms. The van der Waals surface area contributed by atoms with Gasteiger partial charge in [0.1, 0.15) is 0 Å². The van der Waals surface area contributed by atoms with Gasteiger partial charge in [-0.1, -0.05) is 6.07 Å². The minimum absolute atomic E-state index is 0.154. The molecule has 2 aliphatic heterocycles. The number of carbonyl (C=O) groups is 2. The van der Waals surface area contributed by atoms with Crippen LogP contribution in [-0.4, -0.2) is 52.8 Å². The molecule has 0 radical (unpaired) electrons. The Balaban J connectivity index is 1.35. The van der Waals surface area contributed by atoms with E-state index in [0.29, 0.717) is 6.42 Å². The summed E-state index contributed by atoms with van der Waals surface area (Å²) in [6.07, 6.45) is 8.04. The van der Waals surface area contributed by atoms with E-state index in [1.54, 1.807) is 12.4 Å². The van der Waals surface area contributed by atoms with Crippen LogP contribution in [0.15, 0.2) is 42.0 Å². The highest BCUT2D eigenvalue weighted by Gasteiger charge is 2.41. The van der Waals surface area contributed by atoms with Crippen LogP contribution in [0.25, 0.3) is 0 Å². The Kier molecular flexibility index (Phi) is 5.25. The first-order chi connectivity index (χ1) is 13.2. The molecular formula is C21H25N3O2S. The van der Waals surface area contributed by atoms with Crippen LogP contribution in [0.3, 0.4) is 0 Å². The van der Waals surface area contributed by atoms with Gasteiger partial charge in [-0.15, -0.1) is 11.3 Å². The second-order valence-electron chi connectivity index (χ2n) is 7.69. The van der Waals surface area contributed by atoms with Gasteiger partial charge in [-0.25, -0.2) is 0 Å². The summed E-state index contributed by atoms with van der Waals surface area (Å²) in [4.78, 5) is 33.9. The maximum Gasteiger partial charge on any atom is 0.263 e. The molecule has 2 fully saturated rings. The Morgan fingerprint density at radius 3 is 2.63 bits per heavy atom. The van der Waals surface area contributed by atoms with E-state index in [1.165, 1.54) is 16.9 Å². The molecule has 0 N–H and O–H groups in total. The number of aromatic nitrogens is 1. The highest BCUT2D eigenvalue weighted by atomic mass is 32.1. The van der Waals surface area contributed by atoms with E-state index >= 15 is 0 Å². The summed E-state index contributed by atoms with van der Waals surface area (Å²) >= 11 is 1.51. The Bertz CT molecular complexity index is 783. The maximum atomic E-state index is 12.6. The zero-order chi connectivity index (χ0) is 18.7. The molecule has 0 aliphatic carbocycles. The lowest BCUT2D eigenvalue weighted by Gasteiger charge is -2.47. The van der Waals surface area contributed by atoms with Gasteiger partial charge in [0.15, 0.2) is 0 Å². The number of pyridine rings is 1. The predicted octanol–water partition coefficient (Wildman–Crippen LogP) is 3.23. The maximum absolute atomic E-state index is 12.6. The van der Waals surface area contributed by atoms with Crippen LogP contribution in [0.4, 0.5) is 0 Å². The highest BCUT2D eigenvalue weighted by Crippen LogP contribution is 2.40. The predicted molar refractivity (Wildman–Crippen MR) is 106 cm³/mol. The second kappa shape index (κ2) is 7.80. The molecule has 2 saturated heterocycles. The third-order valence-electron chi connectivity index (χ3n) is 6.01. The number of amides is 2. The smallest absolute Gasteiger partial charge is 0.263 e. The molecule has 0 saturated carbocycles. The van der Waals surface area contributed by atoms with Gasteiger partial charge in [0, 0.05) is 45.0 Å². The lowest BCUT2D eigenvalue weighted by molar-refractivity contribution is -0.138. The lowest BCUT2D eigenvalue weighted by atomic mass is 9.72. The molecule has 2 aromatic rings. The van der Waals surface area contributed by atoms with E-state index in [1.807, 2.05) is 39.4 Å². The number of nitrogens with zero attached hydrogens (tertiary/aromatic N) is 3. The number of hydrogen-bond acceptors (Lipinski definition) is 4. The minimum atomic E-state index is 0.154. The van der Waals surface area contributed by atoms with Crippen molar-refractivity contribution >= 4 is 23.2 Å². The van der Waals surface area contributed by atoms with Crippen molar-refractivity contribution in [3.63, 3.8) is 0 Å². The molecule has 2 amide bonds. The van der Waals surface area contributed by atoms with Crippen LogP contribution in [0.5, 0.6) is 0 Å². The van der Waals surface area contributed by atoms with Crippen molar-refractivity contribution < 1.29 is 9.59 Å². The molecule has 0 atom stereocenters. The summed E-state index contributed by atoms with van der Waals surface area (Å²) in [6, 6.07) is 7.85. The van der Waals surface area contributed by atoms with Crippen LogP contribution in [-0.2, 0) is 11.2 Å². The van der Waals surface area contributed by atoms with Crippen molar-refractivity contribution in [2.75, 3.05) is 26.2 Å². The molecule has 0 aromatic carbocycles. The Labute approximate surface area is 164 Å². The van der Waals surface area contributed by atoms with E-state index in [9.17, 15) is 9.59 Å². The highest BCUT2D eigenvalue weighted by molar-refractivity contribution is 7.12. The largest absolute Gasteiger partial charge is 0.342 e. The summed E-state index contributed by atoms with van der Waals surface area (Å²) in [5.74, 6) is 0.424. The summed E-state index contributed by atoms with van der Waals surface area (Å²) in [6.45, 7) is 3.19. The second-order valence-corrected chi connectivity index (χ2v) is 8.64. The molecule has 6 heteroatoms. The number of hydrogen-bond donors (Lipinski definition) is 0. The van der Waals surface area contributed by atoms with Crippen LogP contribution < -0.4 is 0 Å². The molecule has 4 heterocycles. The van der Waals surface area contributed by atoms with Gasteiger partial charge in [0.25, 0.3) is 5.91 Å². The molecule has 4 rings (SSSR count). The van der Waals surface area contributed by atoms with Gasteiger partial charge < -0.3 is 9.80 Å². The van der Waals surface area contributed by atoms with E-state index in [2.05, 4.69) is 4.98 Å². The number of piperidine rings is 2. The zero-order valence-corrected chi connectivity index (χ0v) is 16.3. The van der Waals surface area contributed by atoms with Crippen molar-refractivity contribution in [1.29, 1.82) is 0 Å². The first-order valence-electron chi connectivity index (χ1n) is 9.65. The first kappa shape index (κ1) is 18.2.